The van der Waals surface area contributed by atoms with Crippen LogP contribution in [0.2, 0.25) is 5.02 Å². The monoisotopic (exact) mass is 295 g/mol. The van der Waals surface area contributed by atoms with Crippen molar-refractivity contribution < 1.29 is 4.79 Å². The van der Waals surface area contributed by atoms with Crippen LogP contribution in [0.1, 0.15) is 15.9 Å². The van der Waals surface area contributed by atoms with Gasteiger partial charge >= 0.3 is 0 Å². The molecule has 21 heavy (non-hydrogen) atoms. The molecule has 3 heteroatoms. The van der Waals surface area contributed by atoms with E-state index in [1.807, 2.05) is 67.6 Å². The molecule has 0 saturated heterocycles. The first-order valence-electron chi connectivity index (χ1n) is 6.70. The second-order valence-electron chi connectivity index (χ2n) is 4.96. The van der Waals surface area contributed by atoms with E-state index in [4.69, 9.17) is 11.6 Å². The molecule has 1 amide bonds. The number of carbonyl (C=O) groups excluding carboxylic acids is 1. The maximum absolute atomic E-state index is 12.5. The van der Waals surface area contributed by atoms with Crippen molar-refractivity contribution in [1.29, 1.82) is 0 Å². The minimum Gasteiger partial charge on any atom is -0.322 e. The molecule has 1 N–H and O–H groups in total. The maximum atomic E-state index is 12.5. The number of benzene rings is 3. The molecular weight excluding hydrogens is 282 g/mol. The van der Waals surface area contributed by atoms with Gasteiger partial charge in [-0.2, -0.15) is 0 Å². The van der Waals surface area contributed by atoms with Crippen molar-refractivity contribution in [1.82, 2.24) is 0 Å². The van der Waals surface area contributed by atoms with Crippen LogP contribution >= 0.6 is 11.6 Å². The van der Waals surface area contributed by atoms with Crippen LogP contribution in [0.3, 0.4) is 0 Å². The van der Waals surface area contributed by atoms with Crippen molar-refractivity contribution in [2.24, 2.45) is 0 Å². The van der Waals surface area contributed by atoms with E-state index in [-0.39, 0.29) is 5.91 Å². The minimum absolute atomic E-state index is 0.133. The molecule has 0 aromatic heterocycles. The second-order valence-corrected chi connectivity index (χ2v) is 5.37. The Bertz CT molecular complexity index is 809. The molecule has 3 aromatic carbocycles. The van der Waals surface area contributed by atoms with Gasteiger partial charge in [-0.05, 0) is 36.6 Å². The highest BCUT2D eigenvalue weighted by Crippen LogP contribution is 2.26. The lowest BCUT2D eigenvalue weighted by atomic mass is 10.0. The van der Waals surface area contributed by atoms with Crippen LogP contribution < -0.4 is 5.32 Å². The first kappa shape index (κ1) is 13.7. The first-order valence-corrected chi connectivity index (χ1v) is 7.08. The highest BCUT2D eigenvalue weighted by atomic mass is 35.5. The summed E-state index contributed by atoms with van der Waals surface area (Å²) in [5, 5.41) is 5.31. The third kappa shape index (κ3) is 2.76. The lowest BCUT2D eigenvalue weighted by Gasteiger charge is -2.09. The number of hydrogen-bond acceptors (Lipinski definition) is 1. The number of hydrogen-bond donors (Lipinski definition) is 1. The highest BCUT2D eigenvalue weighted by molar-refractivity contribution is 6.36. The molecule has 0 heterocycles. The zero-order valence-corrected chi connectivity index (χ0v) is 12.3. The van der Waals surface area contributed by atoms with E-state index in [0.29, 0.717) is 10.6 Å². The molecule has 0 saturated carbocycles. The van der Waals surface area contributed by atoms with Crippen molar-refractivity contribution in [3.8, 4) is 0 Å². The molecule has 0 aliphatic heterocycles. The van der Waals surface area contributed by atoms with Gasteiger partial charge in [0, 0.05) is 21.7 Å². The van der Waals surface area contributed by atoms with Gasteiger partial charge in [0.15, 0.2) is 0 Å². The fourth-order valence-electron chi connectivity index (χ4n) is 2.30. The molecule has 0 fully saturated rings. The number of halogens is 1. The number of fused-ring (bicyclic) bond motifs is 1. The van der Waals surface area contributed by atoms with Crippen molar-refractivity contribution in [3.05, 3.63) is 76.8 Å². The van der Waals surface area contributed by atoms with Gasteiger partial charge in [0.2, 0.25) is 0 Å². The Morgan fingerprint density at radius 3 is 2.33 bits per heavy atom. The van der Waals surface area contributed by atoms with Gasteiger partial charge in [0.1, 0.15) is 0 Å². The van der Waals surface area contributed by atoms with Crippen LogP contribution in [0.15, 0.2) is 60.7 Å². The van der Waals surface area contributed by atoms with Gasteiger partial charge in [-0.15, -0.1) is 0 Å². The quantitative estimate of drug-likeness (QED) is 0.704. The standard InChI is InChI=1S/C18H14ClNO/c1-12-8-10-13(11-9-12)20-18(21)16-6-2-5-15-14(16)4-3-7-17(15)19/h2-11H,1H3,(H,20,21). The van der Waals surface area contributed by atoms with Gasteiger partial charge < -0.3 is 5.32 Å². The van der Waals surface area contributed by atoms with Crippen LogP contribution in [-0.4, -0.2) is 5.91 Å². The van der Waals surface area contributed by atoms with E-state index in [1.165, 1.54) is 0 Å². The van der Waals surface area contributed by atoms with Crippen LogP contribution in [0.4, 0.5) is 5.69 Å². The SMILES string of the molecule is Cc1ccc(NC(=O)c2cccc3c(Cl)cccc23)cc1. The summed E-state index contributed by atoms with van der Waals surface area (Å²) in [7, 11) is 0. The maximum Gasteiger partial charge on any atom is 0.256 e. The normalized spacial score (nSPS) is 10.6. The highest BCUT2D eigenvalue weighted by Gasteiger charge is 2.11. The molecule has 0 atom stereocenters. The van der Waals surface area contributed by atoms with Crippen molar-refractivity contribution in [2.75, 3.05) is 5.32 Å². The summed E-state index contributed by atoms with van der Waals surface area (Å²) in [6.45, 7) is 2.01. The number of aryl methyl sites for hydroxylation is 1. The topological polar surface area (TPSA) is 29.1 Å². The van der Waals surface area contributed by atoms with E-state index in [1.54, 1.807) is 0 Å². The fraction of sp³-hybridized carbons (Fsp3) is 0.0556. The Labute approximate surface area is 128 Å². The lowest BCUT2D eigenvalue weighted by Crippen LogP contribution is -2.12. The average molecular weight is 296 g/mol. The van der Waals surface area contributed by atoms with Gasteiger partial charge in [-0.1, -0.05) is 53.6 Å². The molecule has 0 unspecified atom stereocenters. The molecule has 0 radical (unpaired) electrons. The van der Waals surface area contributed by atoms with Crippen molar-refractivity contribution in [3.63, 3.8) is 0 Å². The van der Waals surface area contributed by atoms with Crippen LogP contribution in [0.5, 0.6) is 0 Å². The summed E-state index contributed by atoms with van der Waals surface area (Å²) >= 11 is 6.18. The Morgan fingerprint density at radius 1 is 0.905 bits per heavy atom. The molecule has 3 aromatic rings. The zero-order chi connectivity index (χ0) is 14.8. The Balaban J connectivity index is 1.98. The van der Waals surface area contributed by atoms with E-state index in [9.17, 15) is 4.79 Å². The predicted molar refractivity (Wildman–Crippen MR) is 88.1 cm³/mol. The summed E-state index contributed by atoms with van der Waals surface area (Å²) in [5.74, 6) is -0.133. The largest absolute Gasteiger partial charge is 0.322 e. The number of amides is 1. The number of carbonyl (C=O) groups is 1. The smallest absolute Gasteiger partial charge is 0.256 e. The molecule has 0 aliphatic carbocycles. The van der Waals surface area contributed by atoms with Crippen LogP contribution in [0.25, 0.3) is 10.8 Å². The Hall–Kier alpha value is -2.32. The van der Waals surface area contributed by atoms with E-state index in [0.717, 1.165) is 22.0 Å². The van der Waals surface area contributed by atoms with Crippen LogP contribution in [-0.2, 0) is 0 Å². The summed E-state index contributed by atoms with van der Waals surface area (Å²) in [6.07, 6.45) is 0. The van der Waals surface area contributed by atoms with Crippen molar-refractivity contribution in [2.45, 2.75) is 6.92 Å². The zero-order valence-electron chi connectivity index (χ0n) is 11.6. The minimum atomic E-state index is -0.133. The molecular formula is C18H14ClNO. The van der Waals surface area contributed by atoms with Gasteiger partial charge in [-0.25, -0.2) is 0 Å². The van der Waals surface area contributed by atoms with Gasteiger partial charge in [-0.3, -0.25) is 4.79 Å². The summed E-state index contributed by atoms with van der Waals surface area (Å²) < 4.78 is 0. The number of anilines is 1. The predicted octanol–water partition coefficient (Wildman–Crippen LogP) is 5.05. The average Bonchev–Trinajstić information content (AvgIpc) is 2.49. The summed E-state index contributed by atoms with van der Waals surface area (Å²) in [6, 6.07) is 18.9. The molecule has 3 rings (SSSR count). The van der Waals surface area contributed by atoms with E-state index >= 15 is 0 Å². The molecule has 0 aliphatic rings. The third-order valence-corrected chi connectivity index (χ3v) is 3.75. The molecule has 2 nitrogen and oxygen atoms in total. The second kappa shape index (κ2) is 5.58. The van der Waals surface area contributed by atoms with Gasteiger partial charge in [0.25, 0.3) is 5.91 Å². The number of nitrogens with one attached hydrogen (secondary N) is 1. The summed E-state index contributed by atoms with van der Waals surface area (Å²) in [5.41, 5.74) is 2.56. The molecule has 104 valence electrons. The Kier molecular flexibility index (Phi) is 3.63. The van der Waals surface area contributed by atoms with Crippen LogP contribution in [0, 0.1) is 6.92 Å². The van der Waals surface area contributed by atoms with E-state index in [2.05, 4.69) is 5.32 Å². The third-order valence-electron chi connectivity index (χ3n) is 3.42. The summed E-state index contributed by atoms with van der Waals surface area (Å²) in [4.78, 5) is 12.5. The number of rotatable bonds is 2. The van der Waals surface area contributed by atoms with Crippen molar-refractivity contribution >= 4 is 34.0 Å². The first-order chi connectivity index (χ1) is 10.1. The lowest BCUT2D eigenvalue weighted by molar-refractivity contribution is 0.102. The van der Waals surface area contributed by atoms with Gasteiger partial charge in [0.05, 0.1) is 0 Å². The fourth-order valence-corrected chi connectivity index (χ4v) is 2.54. The molecule has 0 bridgehead atoms. The van der Waals surface area contributed by atoms with E-state index < -0.39 is 0 Å². The molecule has 0 spiro atoms. The Morgan fingerprint density at radius 2 is 1.57 bits per heavy atom.